The molecule has 0 aromatic heterocycles. The van der Waals surface area contributed by atoms with Crippen LogP contribution in [0.4, 0.5) is 5.69 Å². The number of thioether (sulfide) groups is 1. The molecule has 0 aliphatic heterocycles. The smallest absolute Gasteiger partial charge is 0.338 e. The number of hydrogen-bond donors (Lipinski definition) is 1. The summed E-state index contributed by atoms with van der Waals surface area (Å²) < 4.78 is 5.10. The minimum atomic E-state index is -0.261. The van der Waals surface area contributed by atoms with Crippen LogP contribution in [0.15, 0.2) is 53.4 Å². The van der Waals surface area contributed by atoms with Crippen LogP contribution < -0.4 is 5.73 Å². The van der Waals surface area contributed by atoms with E-state index in [1.165, 1.54) is 0 Å². The molecule has 4 heteroatoms. The third-order valence-electron chi connectivity index (χ3n) is 2.94. The zero-order valence-corrected chi connectivity index (χ0v) is 12.9. The highest BCUT2D eigenvalue weighted by molar-refractivity contribution is 7.98. The fourth-order valence-electron chi connectivity index (χ4n) is 1.79. The zero-order valence-electron chi connectivity index (χ0n) is 12.0. The molecule has 2 rings (SSSR count). The van der Waals surface area contributed by atoms with Gasteiger partial charge in [-0.25, -0.2) is 4.79 Å². The van der Waals surface area contributed by atoms with E-state index in [1.54, 1.807) is 11.8 Å². The van der Waals surface area contributed by atoms with Crippen LogP contribution in [0.25, 0.3) is 0 Å². The summed E-state index contributed by atoms with van der Waals surface area (Å²) in [7, 11) is 0. The van der Waals surface area contributed by atoms with Crippen molar-refractivity contribution in [2.75, 3.05) is 12.3 Å². The quantitative estimate of drug-likeness (QED) is 0.495. The number of esters is 1. The van der Waals surface area contributed by atoms with E-state index in [-0.39, 0.29) is 5.97 Å². The molecule has 2 aromatic rings. The number of carbonyl (C=O) groups excluding carboxylic acids is 1. The third kappa shape index (κ3) is 4.53. The van der Waals surface area contributed by atoms with Gasteiger partial charge in [0.1, 0.15) is 0 Å². The summed E-state index contributed by atoms with van der Waals surface area (Å²) >= 11 is 1.69. The predicted octanol–water partition coefficient (Wildman–Crippen LogP) is 4.13. The molecule has 0 atom stereocenters. The van der Waals surface area contributed by atoms with Gasteiger partial charge in [0.05, 0.1) is 12.2 Å². The van der Waals surface area contributed by atoms with Crippen LogP contribution in [0.5, 0.6) is 0 Å². The van der Waals surface area contributed by atoms with Gasteiger partial charge in [0, 0.05) is 16.3 Å². The number of benzene rings is 2. The minimum absolute atomic E-state index is 0.261. The normalized spacial score (nSPS) is 10.3. The first-order valence-electron chi connectivity index (χ1n) is 6.94. The Bertz CT molecular complexity index is 596. The number of hydrogen-bond acceptors (Lipinski definition) is 4. The SMILES string of the molecule is CCCOC(=O)c1ccc(CSc2ccccc2N)cc1. The molecule has 0 bridgehead atoms. The molecule has 0 saturated heterocycles. The number of para-hydroxylation sites is 1. The first kappa shape index (κ1) is 15.4. The number of carbonyl (C=O) groups is 1. The van der Waals surface area contributed by atoms with Crippen molar-refractivity contribution in [2.24, 2.45) is 0 Å². The molecule has 3 nitrogen and oxygen atoms in total. The second-order valence-corrected chi connectivity index (χ2v) is 5.68. The Labute approximate surface area is 129 Å². The molecule has 110 valence electrons. The van der Waals surface area contributed by atoms with Crippen LogP contribution in [-0.2, 0) is 10.5 Å². The number of nitrogens with two attached hydrogens (primary N) is 1. The van der Waals surface area contributed by atoms with Gasteiger partial charge in [-0.1, -0.05) is 31.2 Å². The molecule has 0 spiro atoms. The molecule has 2 N–H and O–H groups in total. The van der Waals surface area contributed by atoms with Crippen molar-refractivity contribution in [3.63, 3.8) is 0 Å². The molecular formula is C17H19NO2S. The molecule has 0 saturated carbocycles. The lowest BCUT2D eigenvalue weighted by Crippen LogP contribution is -2.05. The molecule has 0 heterocycles. The van der Waals surface area contributed by atoms with Crippen molar-refractivity contribution in [1.82, 2.24) is 0 Å². The Hall–Kier alpha value is -1.94. The maximum Gasteiger partial charge on any atom is 0.338 e. The molecule has 0 fully saturated rings. The van der Waals surface area contributed by atoms with E-state index in [9.17, 15) is 4.79 Å². The molecule has 0 aliphatic rings. The van der Waals surface area contributed by atoms with Crippen LogP contribution in [0.1, 0.15) is 29.3 Å². The van der Waals surface area contributed by atoms with Crippen molar-refractivity contribution in [3.05, 3.63) is 59.7 Å². The Balaban J connectivity index is 1.93. The molecule has 0 unspecified atom stereocenters. The third-order valence-corrected chi connectivity index (χ3v) is 4.10. The number of anilines is 1. The van der Waals surface area contributed by atoms with Crippen LogP contribution in [0, 0.1) is 0 Å². The van der Waals surface area contributed by atoms with Gasteiger partial charge in [-0.05, 0) is 36.2 Å². The summed E-state index contributed by atoms with van der Waals surface area (Å²) in [5, 5.41) is 0. The Morgan fingerprint density at radius 3 is 2.52 bits per heavy atom. The minimum Gasteiger partial charge on any atom is -0.462 e. The Morgan fingerprint density at radius 1 is 1.14 bits per heavy atom. The van der Waals surface area contributed by atoms with Crippen molar-refractivity contribution < 1.29 is 9.53 Å². The summed E-state index contributed by atoms with van der Waals surface area (Å²) in [5.74, 6) is 0.557. The van der Waals surface area contributed by atoms with Crippen molar-refractivity contribution in [3.8, 4) is 0 Å². The molecule has 2 aromatic carbocycles. The van der Waals surface area contributed by atoms with Crippen LogP contribution in [-0.4, -0.2) is 12.6 Å². The van der Waals surface area contributed by atoms with Crippen LogP contribution >= 0.6 is 11.8 Å². The number of rotatable bonds is 6. The summed E-state index contributed by atoms with van der Waals surface area (Å²) in [5.41, 5.74) is 8.45. The van der Waals surface area contributed by atoms with Gasteiger partial charge in [0.25, 0.3) is 0 Å². The van der Waals surface area contributed by atoms with Gasteiger partial charge in [0.2, 0.25) is 0 Å². The van der Waals surface area contributed by atoms with Gasteiger partial charge >= 0.3 is 5.97 Å². The Kier molecular flexibility index (Phi) is 5.69. The fourth-order valence-corrected chi connectivity index (χ4v) is 2.71. The van der Waals surface area contributed by atoms with Crippen LogP contribution in [0.2, 0.25) is 0 Å². The predicted molar refractivity (Wildman–Crippen MR) is 87.4 cm³/mol. The van der Waals surface area contributed by atoms with Gasteiger partial charge in [-0.3, -0.25) is 0 Å². The lowest BCUT2D eigenvalue weighted by Gasteiger charge is -2.06. The topological polar surface area (TPSA) is 52.3 Å². The van der Waals surface area contributed by atoms with E-state index in [1.807, 2.05) is 55.5 Å². The first-order chi connectivity index (χ1) is 10.2. The highest BCUT2D eigenvalue weighted by Gasteiger charge is 2.06. The first-order valence-corrected chi connectivity index (χ1v) is 7.92. The van der Waals surface area contributed by atoms with Crippen molar-refractivity contribution >= 4 is 23.4 Å². The van der Waals surface area contributed by atoms with Gasteiger partial charge in [0.15, 0.2) is 0 Å². The number of nitrogen functional groups attached to an aromatic ring is 1. The van der Waals surface area contributed by atoms with E-state index in [4.69, 9.17) is 10.5 Å². The van der Waals surface area contributed by atoms with Crippen molar-refractivity contribution in [2.45, 2.75) is 24.0 Å². The largest absolute Gasteiger partial charge is 0.462 e. The molecular weight excluding hydrogens is 282 g/mol. The lowest BCUT2D eigenvalue weighted by atomic mass is 10.1. The van der Waals surface area contributed by atoms with E-state index in [2.05, 4.69) is 0 Å². The number of ether oxygens (including phenoxy) is 1. The lowest BCUT2D eigenvalue weighted by molar-refractivity contribution is 0.0505. The molecule has 21 heavy (non-hydrogen) atoms. The average molecular weight is 301 g/mol. The summed E-state index contributed by atoms with van der Waals surface area (Å²) in [4.78, 5) is 12.8. The molecule has 0 aliphatic carbocycles. The maximum atomic E-state index is 11.7. The van der Waals surface area contributed by atoms with E-state index in [0.29, 0.717) is 12.2 Å². The van der Waals surface area contributed by atoms with Gasteiger partial charge < -0.3 is 10.5 Å². The van der Waals surface area contributed by atoms with Crippen LogP contribution in [0.3, 0.4) is 0 Å². The van der Waals surface area contributed by atoms with E-state index in [0.717, 1.165) is 28.3 Å². The summed E-state index contributed by atoms with van der Waals surface area (Å²) in [6.07, 6.45) is 0.832. The highest BCUT2D eigenvalue weighted by atomic mass is 32.2. The van der Waals surface area contributed by atoms with Crippen molar-refractivity contribution in [1.29, 1.82) is 0 Å². The fraction of sp³-hybridized carbons (Fsp3) is 0.235. The monoisotopic (exact) mass is 301 g/mol. The van der Waals surface area contributed by atoms with E-state index < -0.39 is 0 Å². The maximum absolute atomic E-state index is 11.7. The zero-order chi connectivity index (χ0) is 15.1. The molecule has 0 amide bonds. The standard InChI is InChI=1S/C17H19NO2S/c1-2-11-20-17(19)14-9-7-13(8-10-14)12-21-16-6-4-3-5-15(16)18/h3-10H,2,11-12,18H2,1H3. The Morgan fingerprint density at radius 2 is 1.86 bits per heavy atom. The average Bonchev–Trinajstić information content (AvgIpc) is 2.52. The van der Waals surface area contributed by atoms with E-state index >= 15 is 0 Å². The molecule has 0 radical (unpaired) electrons. The second kappa shape index (κ2) is 7.74. The second-order valence-electron chi connectivity index (χ2n) is 4.66. The van der Waals surface area contributed by atoms with Gasteiger partial charge in [-0.2, -0.15) is 0 Å². The highest BCUT2D eigenvalue weighted by Crippen LogP contribution is 2.27. The summed E-state index contributed by atoms with van der Waals surface area (Å²) in [6, 6.07) is 15.3. The summed E-state index contributed by atoms with van der Waals surface area (Å²) in [6.45, 7) is 2.44. The van der Waals surface area contributed by atoms with Gasteiger partial charge in [-0.15, -0.1) is 11.8 Å².